The second kappa shape index (κ2) is 5.05. The molecule has 3 heteroatoms. The van der Waals surface area contributed by atoms with Gasteiger partial charge in [-0.25, -0.2) is 0 Å². The van der Waals surface area contributed by atoms with Crippen LogP contribution in [-0.4, -0.2) is 11.4 Å². The minimum Gasteiger partial charge on any atom is -0.309 e. The molecule has 15 heavy (non-hydrogen) atoms. The van der Waals surface area contributed by atoms with Crippen molar-refractivity contribution in [2.24, 2.45) is 16.5 Å². The summed E-state index contributed by atoms with van der Waals surface area (Å²) in [5.41, 5.74) is 12.9. The first-order valence-electron chi connectivity index (χ1n) is 5.31. The van der Waals surface area contributed by atoms with Gasteiger partial charge < -0.3 is 11.5 Å². The van der Waals surface area contributed by atoms with Gasteiger partial charge in [0.25, 0.3) is 0 Å². The molecule has 0 saturated heterocycles. The minimum absolute atomic E-state index is 0.687. The van der Waals surface area contributed by atoms with Crippen LogP contribution in [0.4, 0.5) is 5.69 Å². The van der Waals surface area contributed by atoms with Crippen molar-refractivity contribution < 1.29 is 0 Å². The monoisotopic (exact) mass is 205 g/mol. The number of para-hydroxylation sites is 1. The van der Waals surface area contributed by atoms with E-state index in [1.54, 1.807) is 0 Å². The molecule has 1 aromatic rings. The standard InChI is InChI=1S/C12H19N3/c1-3-11(12(13,14)4-2)15-10-8-6-5-7-9-10/h5-9H,3-4,13-14H2,1-2H3. The zero-order chi connectivity index (χ0) is 11.3. The molecule has 0 unspecified atom stereocenters. The van der Waals surface area contributed by atoms with Crippen molar-refractivity contribution in [3.63, 3.8) is 0 Å². The van der Waals surface area contributed by atoms with Crippen molar-refractivity contribution in [3.05, 3.63) is 30.3 Å². The molecular weight excluding hydrogens is 186 g/mol. The Balaban J connectivity index is 2.98. The number of aliphatic imine (C=N–C) groups is 1. The van der Waals surface area contributed by atoms with Crippen LogP contribution < -0.4 is 11.5 Å². The molecular formula is C12H19N3. The smallest absolute Gasteiger partial charge is 0.103 e. The average Bonchev–Trinajstić information content (AvgIpc) is 2.27. The van der Waals surface area contributed by atoms with Gasteiger partial charge >= 0.3 is 0 Å². The van der Waals surface area contributed by atoms with Crippen molar-refractivity contribution in [2.45, 2.75) is 32.4 Å². The molecule has 0 radical (unpaired) electrons. The number of hydrogen-bond acceptors (Lipinski definition) is 3. The molecule has 0 saturated carbocycles. The molecule has 0 heterocycles. The topological polar surface area (TPSA) is 64.4 Å². The van der Waals surface area contributed by atoms with Gasteiger partial charge in [0.2, 0.25) is 0 Å². The molecule has 0 aromatic heterocycles. The van der Waals surface area contributed by atoms with E-state index < -0.39 is 5.66 Å². The Labute approximate surface area is 91.2 Å². The molecule has 0 spiro atoms. The van der Waals surface area contributed by atoms with Gasteiger partial charge in [0.05, 0.1) is 11.4 Å². The lowest BCUT2D eigenvalue weighted by Gasteiger charge is -2.24. The van der Waals surface area contributed by atoms with E-state index in [9.17, 15) is 0 Å². The van der Waals surface area contributed by atoms with Crippen LogP contribution in [0.3, 0.4) is 0 Å². The highest BCUT2D eigenvalue weighted by Crippen LogP contribution is 2.14. The summed E-state index contributed by atoms with van der Waals surface area (Å²) in [6.07, 6.45) is 1.46. The summed E-state index contributed by atoms with van der Waals surface area (Å²) in [5, 5.41) is 0. The molecule has 3 nitrogen and oxygen atoms in total. The number of rotatable bonds is 4. The third-order valence-corrected chi connectivity index (χ3v) is 2.48. The van der Waals surface area contributed by atoms with Crippen molar-refractivity contribution in [1.29, 1.82) is 0 Å². The first kappa shape index (κ1) is 11.9. The zero-order valence-electron chi connectivity index (χ0n) is 9.40. The Morgan fingerprint density at radius 3 is 2.27 bits per heavy atom. The van der Waals surface area contributed by atoms with Crippen molar-refractivity contribution in [1.82, 2.24) is 0 Å². The highest BCUT2D eigenvalue weighted by atomic mass is 15.0. The molecule has 1 aromatic carbocycles. The van der Waals surface area contributed by atoms with Crippen LogP contribution >= 0.6 is 0 Å². The summed E-state index contributed by atoms with van der Waals surface area (Å²) in [4.78, 5) is 4.49. The lowest BCUT2D eigenvalue weighted by atomic mass is 10.0. The molecule has 1 rings (SSSR count). The zero-order valence-corrected chi connectivity index (χ0v) is 9.40. The maximum Gasteiger partial charge on any atom is 0.103 e. The Morgan fingerprint density at radius 2 is 1.80 bits per heavy atom. The van der Waals surface area contributed by atoms with Crippen LogP contribution in [0.25, 0.3) is 0 Å². The number of hydrogen-bond donors (Lipinski definition) is 2. The van der Waals surface area contributed by atoms with Crippen LogP contribution in [-0.2, 0) is 0 Å². The Hall–Kier alpha value is -1.19. The number of nitrogens with two attached hydrogens (primary N) is 2. The van der Waals surface area contributed by atoms with E-state index in [1.165, 1.54) is 0 Å². The van der Waals surface area contributed by atoms with E-state index in [0.717, 1.165) is 17.8 Å². The van der Waals surface area contributed by atoms with Crippen molar-refractivity contribution in [3.8, 4) is 0 Å². The third kappa shape index (κ3) is 3.15. The fraction of sp³-hybridized carbons (Fsp3) is 0.417. The van der Waals surface area contributed by atoms with E-state index in [4.69, 9.17) is 11.5 Å². The highest BCUT2D eigenvalue weighted by Gasteiger charge is 2.22. The first-order valence-corrected chi connectivity index (χ1v) is 5.31. The van der Waals surface area contributed by atoms with Crippen LogP contribution in [0.15, 0.2) is 35.3 Å². The van der Waals surface area contributed by atoms with Gasteiger partial charge in [-0.05, 0) is 25.0 Å². The molecule has 0 aliphatic heterocycles. The van der Waals surface area contributed by atoms with Crippen LogP contribution in [0.2, 0.25) is 0 Å². The van der Waals surface area contributed by atoms with Gasteiger partial charge in [0, 0.05) is 0 Å². The molecule has 0 fully saturated rings. The molecule has 0 aliphatic rings. The summed E-state index contributed by atoms with van der Waals surface area (Å²) in [6.45, 7) is 3.99. The average molecular weight is 205 g/mol. The van der Waals surface area contributed by atoms with Gasteiger partial charge in [0.1, 0.15) is 5.66 Å². The van der Waals surface area contributed by atoms with Crippen LogP contribution in [0, 0.1) is 0 Å². The van der Waals surface area contributed by atoms with Gasteiger partial charge in [-0.15, -0.1) is 0 Å². The van der Waals surface area contributed by atoms with Gasteiger partial charge in [-0.2, -0.15) is 0 Å². The molecule has 0 amide bonds. The summed E-state index contributed by atoms with van der Waals surface area (Å²) in [6, 6.07) is 9.75. The van der Waals surface area contributed by atoms with E-state index in [-0.39, 0.29) is 0 Å². The summed E-state index contributed by atoms with van der Waals surface area (Å²) in [7, 11) is 0. The number of benzene rings is 1. The van der Waals surface area contributed by atoms with Crippen molar-refractivity contribution >= 4 is 11.4 Å². The maximum absolute atomic E-state index is 5.97. The van der Waals surface area contributed by atoms with E-state index in [2.05, 4.69) is 4.99 Å². The van der Waals surface area contributed by atoms with Crippen LogP contribution in [0.5, 0.6) is 0 Å². The Kier molecular flexibility index (Phi) is 4.00. The fourth-order valence-electron chi connectivity index (χ4n) is 1.37. The molecule has 0 atom stereocenters. The predicted molar refractivity (Wildman–Crippen MR) is 65.2 cm³/mol. The second-order valence-corrected chi connectivity index (χ2v) is 3.64. The number of nitrogens with zero attached hydrogens (tertiary/aromatic N) is 1. The Morgan fingerprint density at radius 1 is 1.20 bits per heavy atom. The fourth-order valence-corrected chi connectivity index (χ4v) is 1.37. The van der Waals surface area contributed by atoms with Gasteiger partial charge in [-0.3, -0.25) is 4.99 Å². The van der Waals surface area contributed by atoms with E-state index >= 15 is 0 Å². The van der Waals surface area contributed by atoms with Crippen molar-refractivity contribution in [2.75, 3.05) is 0 Å². The molecule has 82 valence electrons. The quantitative estimate of drug-likeness (QED) is 0.584. The summed E-state index contributed by atoms with van der Waals surface area (Å²) < 4.78 is 0. The normalized spacial score (nSPS) is 12.9. The maximum atomic E-state index is 5.97. The van der Waals surface area contributed by atoms with Crippen LogP contribution in [0.1, 0.15) is 26.7 Å². The van der Waals surface area contributed by atoms with E-state index in [0.29, 0.717) is 6.42 Å². The SMILES string of the molecule is CCC(=Nc1ccccc1)C(N)(N)CC. The molecule has 0 bridgehead atoms. The molecule has 0 aliphatic carbocycles. The predicted octanol–water partition coefficient (Wildman–Crippen LogP) is 2.19. The summed E-state index contributed by atoms with van der Waals surface area (Å²) >= 11 is 0. The lowest BCUT2D eigenvalue weighted by Crippen LogP contribution is -2.55. The van der Waals surface area contributed by atoms with Gasteiger partial charge in [-0.1, -0.05) is 32.0 Å². The van der Waals surface area contributed by atoms with E-state index in [1.807, 2.05) is 44.2 Å². The van der Waals surface area contributed by atoms with Gasteiger partial charge in [0.15, 0.2) is 0 Å². The summed E-state index contributed by atoms with van der Waals surface area (Å²) in [5.74, 6) is 0. The second-order valence-electron chi connectivity index (χ2n) is 3.64. The minimum atomic E-state index is -0.787. The first-order chi connectivity index (χ1) is 7.10. The third-order valence-electron chi connectivity index (χ3n) is 2.48. The largest absolute Gasteiger partial charge is 0.309 e. The highest BCUT2D eigenvalue weighted by molar-refractivity contribution is 5.94. The Bertz CT molecular complexity index is 328. The molecule has 4 N–H and O–H groups in total. The lowest BCUT2D eigenvalue weighted by molar-refractivity contribution is 0.563.